The van der Waals surface area contributed by atoms with Gasteiger partial charge in [0, 0.05) is 43.7 Å². The monoisotopic (exact) mass is 588 g/mol. The molecular formula is C28H21FN6O6S. The van der Waals surface area contributed by atoms with E-state index in [-0.39, 0.29) is 38.9 Å². The van der Waals surface area contributed by atoms with Gasteiger partial charge in [0.15, 0.2) is 17.1 Å². The summed E-state index contributed by atoms with van der Waals surface area (Å²) in [5.41, 5.74) is 5.75. The van der Waals surface area contributed by atoms with Crippen molar-refractivity contribution in [1.29, 1.82) is 0 Å². The average molecular weight is 589 g/mol. The van der Waals surface area contributed by atoms with Crippen molar-refractivity contribution >= 4 is 33.1 Å². The molecule has 14 heteroatoms. The SMILES string of the molecule is CN1C(=O)C(c2cccc(OS(=O)(=O)c3ccc4c(c3)oc(=O)n4C)c2)(c2ccc(F)c(-c3cncnc3)c2)N=C1N. The molecule has 0 saturated carbocycles. The van der Waals surface area contributed by atoms with Gasteiger partial charge in [-0.3, -0.25) is 14.3 Å². The van der Waals surface area contributed by atoms with Crippen molar-refractivity contribution in [2.24, 2.45) is 17.8 Å². The number of halogens is 1. The number of benzene rings is 3. The number of hydrogen-bond acceptors (Lipinski definition) is 10. The highest BCUT2D eigenvalue weighted by Crippen LogP contribution is 2.42. The summed E-state index contributed by atoms with van der Waals surface area (Å²) in [6.07, 6.45) is 4.17. The van der Waals surface area contributed by atoms with Crippen molar-refractivity contribution in [3.05, 3.63) is 107 Å². The van der Waals surface area contributed by atoms with Crippen LogP contribution in [0.3, 0.4) is 0 Å². The van der Waals surface area contributed by atoms with E-state index in [0.29, 0.717) is 11.1 Å². The van der Waals surface area contributed by atoms with Crippen LogP contribution < -0.4 is 15.7 Å². The summed E-state index contributed by atoms with van der Waals surface area (Å²) in [7, 11) is -1.47. The Bertz CT molecular complexity index is 2090. The van der Waals surface area contributed by atoms with Crippen LogP contribution >= 0.6 is 0 Å². The molecule has 1 aliphatic heterocycles. The van der Waals surface area contributed by atoms with Gasteiger partial charge in [0.2, 0.25) is 0 Å². The van der Waals surface area contributed by atoms with E-state index in [0.717, 1.165) is 4.90 Å². The summed E-state index contributed by atoms with van der Waals surface area (Å²) in [5.74, 6) is -1.99. The van der Waals surface area contributed by atoms with Crippen LogP contribution in [0.25, 0.3) is 22.2 Å². The summed E-state index contributed by atoms with van der Waals surface area (Å²) in [6.45, 7) is 0. The lowest BCUT2D eigenvalue weighted by molar-refractivity contribution is -0.129. The Morgan fingerprint density at radius 3 is 2.43 bits per heavy atom. The van der Waals surface area contributed by atoms with Crippen LogP contribution in [0.4, 0.5) is 4.39 Å². The molecule has 1 aliphatic rings. The molecule has 6 rings (SSSR count). The lowest BCUT2D eigenvalue weighted by Crippen LogP contribution is -2.41. The van der Waals surface area contributed by atoms with Crippen molar-refractivity contribution in [2.75, 3.05) is 7.05 Å². The first-order chi connectivity index (χ1) is 20.0. The van der Waals surface area contributed by atoms with Crippen molar-refractivity contribution < 1.29 is 26.2 Å². The molecule has 5 aromatic rings. The number of oxazole rings is 1. The van der Waals surface area contributed by atoms with Crippen LogP contribution in [0.5, 0.6) is 5.75 Å². The third-order valence-electron chi connectivity index (χ3n) is 7.01. The number of aliphatic imine (C=N–C) groups is 1. The van der Waals surface area contributed by atoms with E-state index < -0.39 is 33.1 Å². The standard InChI is InChI=1S/C28H21FN6O6S/c1-34-23-9-7-20(12-24(23)40-27(34)37)42(38,39)41-19-5-3-4-17(10-19)28(25(36)35(2)26(30)33-28)18-6-8-22(29)21(11-18)16-13-31-15-32-14-16/h3-15H,1-2H3,(H2,30,33). The molecular weight excluding hydrogens is 567 g/mol. The number of aromatic nitrogens is 3. The summed E-state index contributed by atoms with van der Waals surface area (Å²) in [5, 5.41) is 0. The molecule has 3 aromatic carbocycles. The maximum atomic E-state index is 14.9. The van der Waals surface area contributed by atoms with Gasteiger partial charge >= 0.3 is 15.9 Å². The number of nitrogens with zero attached hydrogens (tertiary/aromatic N) is 5. The molecule has 1 unspecified atom stereocenters. The van der Waals surface area contributed by atoms with Gasteiger partial charge < -0.3 is 14.3 Å². The van der Waals surface area contributed by atoms with Crippen LogP contribution in [-0.4, -0.2) is 46.8 Å². The Labute approximate surface area is 237 Å². The Kier molecular flexibility index (Phi) is 6.15. The lowest BCUT2D eigenvalue weighted by Gasteiger charge is -2.27. The van der Waals surface area contributed by atoms with Crippen LogP contribution in [-0.2, 0) is 27.5 Å². The van der Waals surface area contributed by atoms with E-state index in [9.17, 15) is 22.4 Å². The zero-order valence-electron chi connectivity index (χ0n) is 22.1. The first-order valence-corrected chi connectivity index (χ1v) is 13.8. The van der Waals surface area contributed by atoms with E-state index in [1.807, 2.05) is 0 Å². The molecule has 2 N–H and O–H groups in total. The Morgan fingerprint density at radius 2 is 1.71 bits per heavy atom. The minimum absolute atomic E-state index is 0.0696. The van der Waals surface area contributed by atoms with Gasteiger partial charge in [0.05, 0.1) is 5.52 Å². The van der Waals surface area contributed by atoms with Crippen molar-refractivity contribution in [1.82, 2.24) is 19.4 Å². The number of guanidine groups is 1. The molecule has 0 spiro atoms. The molecule has 0 fully saturated rings. The minimum Gasteiger partial charge on any atom is -0.408 e. The van der Waals surface area contributed by atoms with Gasteiger partial charge in [0.25, 0.3) is 5.91 Å². The molecule has 0 saturated heterocycles. The highest BCUT2D eigenvalue weighted by molar-refractivity contribution is 7.87. The van der Waals surface area contributed by atoms with Gasteiger partial charge in [-0.25, -0.2) is 24.1 Å². The number of rotatable bonds is 6. The molecule has 212 valence electrons. The topological polar surface area (TPSA) is 163 Å². The van der Waals surface area contributed by atoms with Crippen LogP contribution in [0.1, 0.15) is 11.1 Å². The number of likely N-dealkylation sites (N-methyl/N-ethyl adjacent to an activating group) is 1. The number of fused-ring (bicyclic) bond motifs is 1. The molecule has 1 amide bonds. The number of carbonyl (C=O) groups is 1. The molecule has 0 radical (unpaired) electrons. The minimum atomic E-state index is -4.41. The molecule has 12 nitrogen and oxygen atoms in total. The fraction of sp³-hybridized carbons (Fsp3) is 0.107. The highest BCUT2D eigenvalue weighted by atomic mass is 32.2. The molecule has 3 heterocycles. The van der Waals surface area contributed by atoms with Crippen LogP contribution in [0.15, 0.2) is 98.5 Å². The molecule has 42 heavy (non-hydrogen) atoms. The smallest absolute Gasteiger partial charge is 0.408 e. The Balaban J connectivity index is 1.45. The first kappa shape index (κ1) is 26.8. The van der Waals surface area contributed by atoms with Crippen molar-refractivity contribution in [3.8, 4) is 16.9 Å². The van der Waals surface area contributed by atoms with Gasteiger partial charge in [-0.15, -0.1) is 0 Å². The summed E-state index contributed by atoms with van der Waals surface area (Å²) in [6, 6.07) is 13.7. The van der Waals surface area contributed by atoms with Crippen molar-refractivity contribution in [3.63, 3.8) is 0 Å². The van der Waals surface area contributed by atoms with E-state index in [4.69, 9.17) is 14.3 Å². The largest absolute Gasteiger partial charge is 0.419 e. The summed E-state index contributed by atoms with van der Waals surface area (Å²) in [4.78, 5) is 38.9. The number of aryl methyl sites for hydroxylation is 1. The Hall–Kier alpha value is -5.37. The molecule has 0 aliphatic carbocycles. The molecule has 2 aromatic heterocycles. The van der Waals surface area contributed by atoms with Crippen LogP contribution in [0.2, 0.25) is 0 Å². The normalized spacial score (nSPS) is 17.1. The van der Waals surface area contributed by atoms with Gasteiger partial charge in [0.1, 0.15) is 22.8 Å². The zero-order chi connectivity index (χ0) is 29.8. The number of carbonyl (C=O) groups excluding carboxylic acids is 1. The van der Waals surface area contributed by atoms with Gasteiger partial charge in [-0.1, -0.05) is 18.2 Å². The van der Waals surface area contributed by atoms with Gasteiger partial charge in [-0.2, -0.15) is 8.42 Å². The summed E-state index contributed by atoms with van der Waals surface area (Å²) < 4.78 is 53.1. The fourth-order valence-corrected chi connectivity index (χ4v) is 5.75. The molecule has 1 atom stereocenters. The van der Waals surface area contributed by atoms with E-state index in [1.165, 1.54) is 92.0 Å². The first-order valence-electron chi connectivity index (χ1n) is 12.3. The number of hydrogen-bond donors (Lipinski definition) is 1. The predicted octanol–water partition coefficient (Wildman–Crippen LogP) is 2.53. The fourth-order valence-electron chi connectivity index (χ4n) is 4.81. The second kappa shape index (κ2) is 9.62. The number of amides is 1. The zero-order valence-corrected chi connectivity index (χ0v) is 22.9. The van der Waals surface area contributed by atoms with E-state index in [2.05, 4.69) is 15.0 Å². The quantitative estimate of drug-likeness (QED) is 0.294. The third kappa shape index (κ3) is 4.19. The second-order valence-electron chi connectivity index (χ2n) is 9.49. The highest BCUT2D eigenvalue weighted by Gasteiger charge is 2.50. The summed E-state index contributed by atoms with van der Waals surface area (Å²) >= 11 is 0. The maximum absolute atomic E-state index is 14.9. The Morgan fingerprint density at radius 1 is 0.976 bits per heavy atom. The maximum Gasteiger partial charge on any atom is 0.419 e. The second-order valence-corrected chi connectivity index (χ2v) is 11.0. The predicted molar refractivity (Wildman–Crippen MR) is 148 cm³/mol. The average Bonchev–Trinajstić information content (AvgIpc) is 3.40. The van der Waals surface area contributed by atoms with Crippen molar-refractivity contribution in [2.45, 2.75) is 10.4 Å². The number of nitrogens with two attached hydrogens (primary N) is 1. The third-order valence-corrected chi connectivity index (χ3v) is 8.25. The van der Waals surface area contributed by atoms with Gasteiger partial charge in [-0.05, 0) is 47.5 Å². The molecule has 0 bridgehead atoms. The van der Waals surface area contributed by atoms with E-state index in [1.54, 1.807) is 6.07 Å². The van der Waals surface area contributed by atoms with E-state index >= 15 is 0 Å². The lowest BCUT2D eigenvalue weighted by atomic mass is 9.81. The van der Waals surface area contributed by atoms with Crippen LogP contribution in [0, 0.1) is 5.82 Å².